The first-order valence-corrected chi connectivity index (χ1v) is 5.38. The predicted molar refractivity (Wildman–Crippen MR) is 59.4 cm³/mol. The summed E-state index contributed by atoms with van der Waals surface area (Å²) in [6, 6.07) is 0. The number of rotatable bonds is 3. The van der Waals surface area contributed by atoms with Gasteiger partial charge in [0.1, 0.15) is 11.9 Å². The summed E-state index contributed by atoms with van der Waals surface area (Å²) in [5.41, 5.74) is 5.33. The van der Waals surface area contributed by atoms with E-state index in [1.165, 1.54) is 4.90 Å². The van der Waals surface area contributed by atoms with Crippen LogP contribution in [0.25, 0.3) is 0 Å². The van der Waals surface area contributed by atoms with Crippen molar-refractivity contribution >= 4 is 11.9 Å². The number of morpholine rings is 1. The lowest BCUT2D eigenvalue weighted by molar-refractivity contribution is 0.000338. The van der Waals surface area contributed by atoms with E-state index in [1.807, 2.05) is 13.8 Å². The molecule has 1 fully saturated rings. The lowest BCUT2D eigenvalue weighted by Crippen LogP contribution is -2.50. The van der Waals surface area contributed by atoms with E-state index in [-0.39, 0.29) is 11.9 Å². The summed E-state index contributed by atoms with van der Waals surface area (Å²) in [4.78, 5) is 13.1. The van der Waals surface area contributed by atoms with Crippen molar-refractivity contribution in [2.75, 3.05) is 26.3 Å². The van der Waals surface area contributed by atoms with E-state index in [0.717, 1.165) is 0 Å². The number of amides is 1. The van der Waals surface area contributed by atoms with Crippen molar-refractivity contribution < 1.29 is 14.3 Å². The SMILES string of the molecule is CC(C)COC(=O)N1CCOC(C(=N)N)C1. The number of nitrogens with zero attached hydrogens (tertiary/aromatic N) is 1. The van der Waals surface area contributed by atoms with Crippen molar-refractivity contribution in [3.05, 3.63) is 0 Å². The van der Waals surface area contributed by atoms with Crippen LogP contribution < -0.4 is 5.73 Å². The van der Waals surface area contributed by atoms with Gasteiger partial charge in [0.2, 0.25) is 0 Å². The second-order valence-electron chi connectivity index (χ2n) is 4.23. The van der Waals surface area contributed by atoms with Crippen LogP contribution in [-0.4, -0.2) is 49.2 Å². The van der Waals surface area contributed by atoms with Crippen LogP contribution in [0.2, 0.25) is 0 Å². The van der Waals surface area contributed by atoms with Crippen LogP contribution in [-0.2, 0) is 9.47 Å². The molecule has 16 heavy (non-hydrogen) atoms. The number of amidine groups is 1. The molecular formula is C10H19N3O3. The number of hydrogen-bond acceptors (Lipinski definition) is 4. The predicted octanol–water partition coefficient (Wildman–Crippen LogP) is 0.416. The molecule has 0 saturated carbocycles. The zero-order chi connectivity index (χ0) is 12.1. The Morgan fingerprint density at radius 2 is 2.38 bits per heavy atom. The fourth-order valence-corrected chi connectivity index (χ4v) is 1.33. The highest BCUT2D eigenvalue weighted by atomic mass is 16.6. The molecular weight excluding hydrogens is 210 g/mol. The van der Waals surface area contributed by atoms with Gasteiger partial charge >= 0.3 is 6.09 Å². The summed E-state index contributed by atoms with van der Waals surface area (Å²) in [6.07, 6.45) is -0.858. The van der Waals surface area contributed by atoms with Gasteiger partial charge in [-0.3, -0.25) is 5.41 Å². The zero-order valence-electron chi connectivity index (χ0n) is 9.73. The average Bonchev–Trinajstić information content (AvgIpc) is 2.26. The third-order valence-electron chi connectivity index (χ3n) is 2.21. The minimum atomic E-state index is -0.500. The summed E-state index contributed by atoms with van der Waals surface area (Å²) in [5.74, 6) is 0.259. The van der Waals surface area contributed by atoms with E-state index in [2.05, 4.69) is 0 Å². The number of hydrogen-bond donors (Lipinski definition) is 2. The minimum absolute atomic E-state index is 0.0543. The van der Waals surface area contributed by atoms with Crippen molar-refractivity contribution in [3.8, 4) is 0 Å². The standard InChI is InChI=1S/C10H19N3O3/c1-7(2)6-16-10(14)13-3-4-15-8(5-13)9(11)12/h7-8H,3-6H2,1-2H3,(H3,11,12). The van der Waals surface area contributed by atoms with Crippen LogP contribution in [0, 0.1) is 11.3 Å². The van der Waals surface area contributed by atoms with Gasteiger partial charge in [-0.25, -0.2) is 4.79 Å². The van der Waals surface area contributed by atoms with Crippen LogP contribution >= 0.6 is 0 Å². The molecule has 1 aliphatic rings. The summed E-state index contributed by atoms with van der Waals surface area (Å²) < 4.78 is 10.3. The molecule has 1 unspecified atom stereocenters. The summed E-state index contributed by atoms with van der Waals surface area (Å²) in [6.45, 7) is 5.53. The lowest BCUT2D eigenvalue weighted by Gasteiger charge is -2.31. The first-order valence-electron chi connectivity index (χ1n) is 5.38. The first kappa shape index (κ1) is 12.8. The zero-order valence-corrected chi connectivity index (χ0v) is 9.73. The Morgan fingerprint density at radius 1 is 1.69 bits per heavy atom. The minimum Gasteiger partial charge on any atom is -0.449 e. The molecule has 0 bridgehead atoms. The Kier molecular flexibility index (Phi) is 4.54. The molecule has 6 heteroatoms. The fraction of sp³-hybridized carbons (Fsp3) is 0.800. The van der Waals surface area contributed by atoms with Gasteiger partial charge < -0.3 is 20.1 Å². The maximum absolute atomic E-state index is 11.6. The van der Waals surface area contributed by atoms with Crippen molar-refractivity contribution in [2.24, 2.45) is 11.7 Å². The van der Waals surface area contributed by atoms with Crippen molar-refractivity contribution in [1.82, 2.24) is 4.90 Å². The summed E-state index contributed by atoms with van der Waals surface area (Å²) in [5, 5.41) is 7.26. The molecule has 1 atom stereocenters. The first-order chi connectivity index (χ1) is 7.50. The number of carbonyl (C=O) groups is 1. The second kappa shape index (κ2) is 5.69. The third-order valence-corrected chi connectivity index (χ3v) is 2.21. The highest BCUT2D eigenvalue weighted by molar-refractivity contribution is 5.82. The van der Waals surface area contributed by atoms with Gasteiger partial charge in [-0.1, -0.05) is 13.8 Å². The average molecular weight is 229 g/mol. The number of nitrogens with two attached hydrogens (primary N) is 1. The summed E-state index contributed by atoms with van der Waals surface area (Å²) >= 11 is 0. The van der Waals surface area contributed by atoms with Crippen molar-refractivity contribution in [1.29, 1.82) is 5.41 Å². The molecule has 1 saturated heterocycles. The van der Waals surface area contributed by atoms with Crippen LogP contribution in [0.3, 0.4) is 0 Å². The second-order valence-corrected chi connectivity index (χ2v) is 4.23. The van der Waals surface area contributed by atoms with E-state index in [0.29, 0.717) is 32.2 Å². The van der Waals surface area contributed by atoms with Gasteiger partial charge in [0, 0.05) is 6.54 Å². The molecule has 1 rings (SSSR count). The molecule has 1 aliphatic heterocycles. The van der Waals surface area contributed by atoms with E-state index >= 15 is 0 Å². The van der Waals surface area contributed by atoms with E-state index in [9.17, 15) is 4.79 Å². The largest absolute Gasteiger partial charge is 0.449 e. The molecule has 92 valence electrons. The maximum Gasteiger partial charge on any atom is 0.409 e. The van der Waals surface area contributed by atoms with Gasteiger partial charge in [-0.05, 0) is 5.92 Å². The van der Waals surface area contributed by atoms with Crippen LogP contribution in [0.1, 0.15) is 13.8 Å². The number of ether oxygens (including phenoxy) is 2. The topological polar surface area (TPSA) is 88.6 Å². The number of nitrogens with one attached hydrogen (secondary N) is 1. The molecule has 0 spiro atoms. The molecule has 0 aliphatic carbocycles. The van der Waals surface area contributed by atoms with Crippen molar-refractivity contribution in [3.63, 3.8) is 0 Å². The highest BCUT2D eigenvalue weighted by Gasteiger charge is 2.26. The Hall–Kier alpha value is -1.30. The lowest BCUT2D eigenvalue weighted by atomic mass is 10.2. The van der Waals surface area contributed by atoms with Crippen LogP contribution in [0.5, 0.6) is 0 Å². The number of carbonyl (C=O) groups excluding carboxylic acids is 1. The monoisotopic (exact) mass is 229 g/mol. The molecule has 1 amide bonds. The van der Waals surface area contributed by atoms with Gasteiger partial charge in [-0.15, -0.1) is 0 Å². The molecule has 3 N–H and O–H groups in total. The molecule has 0 radical (unpaired) electrons. The van der Waals surface area contributed by atoms with Gasteiger partial charge in [0.05, 0.1) is 19.8 Å². The smallest absolute Gasteiger partial charge is 0.409 e. The Balaban J connectivity index is 2.41. The molecule has 6 nitrogen and oxygen atoms in total. The third kappa shape index (κ3) is 3.69. The van der Waals surface area contributed by atoms with Crippen molar-refractivity contribution in [2.45, 2.75) is 20.0 Å². The Labute approximate surface area is 95.2 Å². The van der Waals surface area contributed by atoms with Gasteiger partial charge in [0.25, 0.3) is 0 Å². The van der Waals surface area contributed by atoms with Crippen LogP contribution in [0.15, 0.2) is 0 Å². The Bertz CT molecular complexity index is 268. The van der Waals surface area contributed by atoms with Gasteiger partial charge in [0.15, 0.2) is 0 Å². The molecule has 0 aromatic heterocycles. The maximum atomic E-state index is 11.6. The molecule has 0 aromatic carbocycles. The highest BCUT2D eigenvalue weighted by Crippen LogP contribution is 2.07. The van der Waals surface area contributed by atoms with E-state index < -0.39 is 6.10 Å². The van der Waals surface area contributed by atoms with E-state index in [4.69, 9.17) is 20.6 Å². The molecule has 0 aromatic rings. The quantitative estimate of drug-likeness (QED) is 0.542. The fourth-order valence-electron chi connectivity index (χ4n) is 1.33. The van der Waals surface area contributed by atoms with E-state index in [1.54, 1.807) is 0 Å². The Morgan fingerprint density at radius 3 is 2.94 bits per heavy atom. The van der Waals surface area contributed by atoms with Crippen LogP contribution in [0.4, 0.5) is 4.79 Å². The van der Waals surface area contributed by atoms with Gasteiger partial charge in [-0.2, -0.15) is 0 Å². The molecule has 1 heterocycles. The summed E-state index contributed by atoms with van der Waals surface area (Å²) in [7, 11) is 0. The normalized spacial score (nSPS) is 20.9.